The minimum atomic E-state index is -0.552. The van der Waals surface area contributed by atoms with E-state index in [-0.39, 0.29) is 18.7 Å². The second-order valence-corrected chi connectivity index (χ2v) is 5.14. The van der Waals surface area contributed by atoms with E-state index >= 15 is 0 Å². The number of fused-ring (bicyclic) bond motifs is 1. The third-order valence-electron chi connectivity index (χ3n) is 3.71. The van der Waals surface area contributed by atoms with Gasteiger partial charge in [0.05, 0.1) is 25.1 Å². The molecule has 0 aliphatic carbocycles. The van der Waals surface area contributed by atoms with Crippen LogP contribution in [0.15, 0.2) is 52.2 Å². The number of pyridine rings is 1. The number of hydrogen-bond acceptors (Lipinski definition) is 5. The van der Waals surface area contributed by atoms with Crippen LogP contribution >= 0.6 is 0 Å². The zero-order valence-corrected chi connectivity index (χ0v) is 13.0. The Morgan fingerprint density at radius 3 is 2.58 bits per heavy atom. The summed E-state index contributed by atoms with van der Waals surface area (Å²) < 4.78 is 7.42. The molecule has 120 valence electrons. The molecule has 0 fully saturated rings. The predicted octanol–water partition coefficient (Wildman–Crippen LogP) is 1.14. The predicted molar refractivity (Wildman–Crippen MR) is 88.0 cm³/mol. The first kappa shape index (κ1) is 15.5. The summed E-state index contributed by atoms with van der Waals surface area (Å²) in [5.74, 6) is 0.690. The van der Waals surface area contributed by atoms with Crippen molar-refractivity contribution in [3.8, 4) is 11.8 Å². The van der Waals surface area contributed by atoms with Gasteiger partial charge in [0.1, 0.15) is 17.9 Å². The zero-order chi connectivity index (χ0) is 17.1. The molecule has 0 aliphatic heterocycles. The summed E-state index contributed by atoms with van der Waals surface area (Å²) in [6.45, 7) is -0.0623. The second kappa shape index (κ2) is 6.38. The monoisotopic (exact) mass is 322 g/mol. The van der Waals surface area contributed by atoms with Gasteiger partial charge in [-0.25, -0.2) is 9.78 Å². The van der Waals surface area contributed by atoms with Crippen LogP contribution in [0, 0.1) is 11.3 Å². The summed E-state index contributed by atoms with van der Waals surface area (Å²) in [5, 5.41) is 9.28. The van der Waals surface area contributed by atoms with Gasteiger partial charge < -0.3 is 4.74 Å². The zero-order valence-electron chi connectivity index (χ0n) is 13.0. The average Bonchev–Trinajstić information content (AvgIpc) is 2.63. The van der Waals surface area contributed by atoms with Crippen molar-refractivity contribution in [2.45, 2.75) is 13.1 Å². The minimum Gasteiger partial charge on any atom is -0.497 e. The highest BCUT2D eigenvalue weighted by atomic mass is 16.5. The van der Waals surface area contributed by atoms with Crippen molar-refractivity contribution >= 4 is 11.0 Å². The molecule has 24 heavy (non-hydrogen) atoms. The van der Waals surface area contributed by atoms with Crippen LogP contribution in [-0.4, -0.2) is 21.2 Å². The first-order chi connectivity index (χ1) is 11.7. The van der Waals surface area contributed by atoms with E-state index in [0.717, 1.165) is 10.1 Å². The molecule has 0 bridgehead atoms. The highest BCUT2D eigenvalue weighted by molar-refractivity contribution is 5.73. The quantitative estimate of drug-likeness (QED) is 0.718. The molecular weight excluding hydrogens is 308 g/mol. The molecule has 0 spiro atoms. The molecule has 1 aromatic carbocycles. The molecule has 2 aromatic heterocycles. The molecule has 7 heteroatoms. The van der Waals surface area contributed by atoms with Gasteiger partial charge in [0.15, 0.2) is 0 Å². The summed E-state index contributed by atoms with van der Waals surface area (Å²) in [6, 6.07) is 12.3. The van der Waals surface area contributed by atoms with Crippen LogP contribution in [0.5, 0.6) is 5.75 Å². The molecule has 2 heterocycles. The van der Waals surface area contributed by atoms with E-state index in [0.29, 0.717) is 11.1 Å². The van der Waals surface area contributed by atoms with Crippen molar-refractivity contribution in [3.63, 3.8) is 0 Å². The van der Waals surface area contributed by atoms with E-state index in [9.17, 15) is 9.59 Å². The van der Waals surface area contributed by atoms with Gasteiger partial charge in [-0.3, -0.25) is 13.9 Å². The Labute approximate surface area is 137 Å². The van der Waals surface area contributed by atoms with Crippen LogP contribution in [-0.2, 0) is 13.1 Å². The lowest BCUT2D eigenvalue weighted by molar-refractivity contribution is 0.414. The molecule has 0 atom stereocenters. The number of ether oxygens (including phenoxy) is 1. The van der Waals surface area contributed by atoms with E-state index in [1.54, 1.807) is 43.5 Å². The summed E-state index contributed by atoms with van der Waals surface area (Å²) in [6.07, 6.45) is 1.49. The maximum absolute atomic E-state index is 12.6. The van der Waals surface area contributed by atoms with Crippen LogP contribution in [0.25, 0.3) is 11.0 Å². The van der Waals surface area contributed by atoms with Gasteiger partial charge >= 0.3 is 5.69 Å². The second-order valence-electron chi connectivity index (χ2n) is 5.14. The Morgan fingerprint density at radius 2 is 1.92 bits per heavy atom. The van der Waals surface area contributed by atoms with Gasteiger partial charge in [0.2, 0.25) is 0 Å². The first-order valence-corrected chi connectivity index (χ1v) is 7.24. The number of aromatic nitrogens is 3. The third-order valence-corrected chi connectivity index (χ3v) is 3.71. The molecule has 0 unspecified atom stereocenters. The number of nitrogens with zero attached hydrogens (tertiary/aromatic N) is 4. The van der Waals surface area contributed by atoms with Crippen molar-refractivity contribution in [1.29, 1.82) is 5.26 Å². The molecule has 0 N–H and O–H groups in total. The molecule has 0 aliphatic rings. The molecular formula is C17H14N4O3. The van der Waals surface area contributed by atoms with Gasteiger partial charge in [-0.05, 0) is 29.8 Å². The van der Waals surface area contributed by atoms with Gasteiger partial charge in [0.25, 0.3) is 5.56 Å². The van der Waals surface area contributed by atoms with E-state index in [1.807, 2.05) is 6.07 Å². The maximum atomic E-state index is 12.6. The molecule has 3 aromatic rings. The lowest BCUT2D eigenvalue weighted by atomic mass is 10.2. The average molecular weight is 322 g/mol. The Balaban J connectivity index is 2.18. The van der Waals surface area contributed by atoms with Crippen molar-refractivity contribution in [2.24, 2.45) is 0 Å². The Bertz CT molecular complexity index is 1040. The Kier molecular flexibility index (Phi) is 4.12. The number of methoxy groups -OCH3 is 1. The van der Waals surface area contributed by atoms with Crippen molar-refractivity contribution in [2.75, 3.05) is 7.11 Å². The highest BCUT2D eigenvalue weighted by Crippen LogP contribution is 2.12. The topological polar surface area (TPSA) is 89.9 Å². The third kappa shape index (κ3) is 2.65. The highest BCUT2D eigenvalue weighted by Gasteiger charge is 2.13. The van der Waals surface area contributed by atoms with Gasteiger partial charge in [-0.2, -0.15) is 5.26 Å². The number of nitriles is 1. The van der Waals surface area contributed by atoms with Gasteiger partial charge in [0, 0.05) is 6.20 Å². The van der Waals surface area contributed by atoms with Crippen LogP contribution in [0.1, 0.15) is 5.56 Å². The normalized spacial score (nSPS) is 10.5. The summed E-state index contributed by atoms with van der Waals surface area (Å²) in [7, 11) is 1.57. The van der Waals surface area contributed by atoms with Crippen LogP contribution < -0.4 is 16.0 Å². The molecule has 0 saturated heterocycles. The fourth-order valence-corrected chi connectivity index (χ4v) is 2.51. The standard InChI is InChI=1S/C17H14N4O3/c1-24-13-6-4-12(5-7-13)11-21-16(22)14-3-2-9-19-15(14)20(10-8-18)17(21)23/h2-7,9H,10-11H2,1H3. The van der Waals surface area contributed by atoms with Crippen molar-refractivity contribution in [3.05, 3.63) is 69.0 Å². The van der Waals surface area contributed by atoms with Crippen molar-refractivity contribution < 1.29 is 4.74 Å². The first-order valence-electron chi connectivity index (χ1n) is 7.24. The van der Waals surface area contributed by atoms with E-state index in [4.69, 9.17) is 10.00 Å². The number of benzene rings is 1. The lowest BCUT2D eigenvalue weighted by Gasteiger charge is -2.11. The van der Waals surface area contributed by atoms with Crippen LogP contribution in [0.2, 0.25) is 0 Å². The Morgan fingerprint density at radius 1 is 1.17 bits per heavy atom. The van der Waals surface area contributed by atoms with E-state index in [2.05, 4.69) is 4.98 Å². The van der Waals surface area contributed by atoms with Crippen LogP contribution in [0.4, 0.5) is 0 Å². The molecule has 0 saturated carbocycles. The largest absolute Gasteiger partial charge is 0.497 e. The van der Waals surface area contributed by atoms with Crippen LogP contribution in [0.3, 0.4) is 0 Å². The maximum Gasteiger partial charge on any atom is 0.333 e. The summed E-state index contributed by atoms with van der Waals surface area (Å²) in [4.78, 5) is 29.3. The van der Waals surface area contributed by atoms with E-state index < -0.39 is 11.2 Å². The van der Waals surface area contributed by atoms with Gasteiger partial charge in [-0.1, -0.05) is 12.1 Å². The molecule has 3 rings (SSSR count). The van der Waals surface area contributed by atoms with E-state index in [1.165, 1.54) is 10.8 Å². The molecule has 7 nitrogen and oxygen atoms in total. The summed E-state index contributed by atoms with van der Waals surface area (Å²) >= 11 is 0. The minimum absolute atomic E-state index is 0.109. The Hall–Kier alpha value is -3.40. The smallest absolute Gasteiger partial charge is 0.333 e. The number of hydrogen-bond donors (Lipinski definition) is 0. The SMILES string of the molecule is COc1ccc(Cn2c(=O)c3cccnc3n(CC#N)c2=O)cc1. The summed E-state index contributed by atoms with van der Waals surface area (Å²) in [5.41, 5.74) is 0.0263. The fourth-order valence-electron chi connectivity index (χ4n) is 2.51. The molecule has 0 radical (unpaired) electrons. The lowest BCUT2D eigenvalue weighted by Crippen LogP contribution is -2.40. The van der Waals surface area contributed by atoms with Gasteiger partial charge in [-0.15, -0.1) is 0 Å². The van der Waals surface area contributed by atoms with Crippen molar-refractivity contribution in [1.82, 2.24) is 14.1 Å². The number of rotatable bonds is 4. The molecule has 0 amide bonds. The fraction of sp³-hybridized carbons (Fsp3) is 0.176.